The predicted molar refractivity (Wildman–Crippen MR) is 91.3 cm³/mol. The maximum Gasteiger partial charge on any atom is 0.337 e. The lowest BCUT2D eigenvalue weighted by Crippen LogP contribution is -1.94. The molecule has 0 fully saturated rings. The number of nitrogens with zero attached hydrogens (tertiary/aromatic N) is 3. The smallest absolute Gasteiger partial charge is 0.337 e. The van der Waals surface area contributed by atoms with Gasteiger partial charge in [0.25, 0.3) is 0 Å². The molecule has 0 unspecified atom stereocenters. The van der Waals surface area contributed by atoms with Crippen molar-refractivity contribution in [2.24, 2.45) is 0 Å². The number of aromatic carboxylic acids is 1. The zero-order valence-corrected chi connectivity index (χ0v) is 13.7. The maximum absolute atomic E-state index is 11.4. The lowest BCUT2D eigenvalue weighted by atomic mass is 10.2. The van der Waals surface area contributed by atoms with E-state index in [2.05, 4.69) is 9.97 Å². The number of thiazole rings is 2. The van der Waals surface area contributed by atoms with Gasteiger partial charge in [-0.15, -0.1) is 22.7 Å². The summed E-state index contributed by atoms with van der Waals surface area (Å²) in [5.74, 6) is -0.939. The summed E-state index contributed by atoms with van der Waals surface area (Å²) in [6.07, 6.45) is 1.85. The number of carboxylic acids is 1. The van der Waals surface area contributed by atoms with E-state index in [1.165, 1.54) is 11.3 Å². The van der Waals surface area contributed by atoms with Gasteiger partial charge in [0.1, 0.15) is 10.7 Å². The molecule has 0 aromatic carbocycles. The molecule has 5 nitrogen and oxygen atoms in total. The van der Waals surface area contributed by atoms with Crippen LogP contribution in [0.3, 0.4) is 0 Å². The molecule has 0 amide bonds. The topological polar surface area (TPSA) is 67.5 Å². The minimum Gasteiger partial charge on any atom is -0.478 e. The van der Waals surface area contributed by atoms with Gasteiger partial charge in [0.05, 0.1) is 27.5 Å². The standard InChI is InChI=1S/C16H11N3O2S2/c1-9-17-12(8-22-9)15-18-11(7-23-15)14-6-10(16(20)21)13-4-2-3-5-19(13)14/h2-8H,1H3,(H,20,21). The number of fused-ring (bicyclic) bond motifs is 1. The number of rotatable bonds is 3. The third-order valence-electron chi connectivity index (χ3n) is 3.51. The van der Waals surface area contributed by atoms with E-state index in [1.54, 1.807) is 23.5 Å². The summed E-state index contributed by atoms with van der Waals surface area (Å²) < 4.78 is 1.86. The van der Waals surface area contributed by atoms with E-state index < -0.39 is 5.97 Å². The lowest BCUT2D eigenvalue weighted by molar-refractivity contribution is 0.0699. The second-order valence-corrected chi connectivity index (χ2v) is 6.91. The molecular formula is C16H11N3O2S2. The van der Waals surface area contributed by atoms with Crippen LogP contribution in [0.5, 0.6) is 0 Å². The van der Waals surface area contributed by atoms with Crippen molar-refractivity contribution in [2.75, 3.05) is 0 Å². The molecule has 7 heteroatoms. The molecule has 0 radical (unpaired) electrons. The molecular weight excluding hydrogens is 330 g/mol. The van der Waals surface area contributed by atoms with E-state index in [9.17, 15) is 9.90 Å². The van der Waals surface area contributed by atoms with Crippen LogP contribution in [-0.4, -0.2) is 25.4 Å². The van der Waals surface area contributed by atoms with Crippen LogP contribution in [0, 0.1) is 6.92 Å². The Morgan fingerprint density at radius 1 is 1.17 bits per heavy atom. The highest BCUT2D eigenvalue weighted by molar-refractivity contribution is 7.14. The van der Waals surface area contributed by atoms with Gasteiger partial charge in [-0.1, -0.05) is 6.07 Å². The van der Waals surface area contributed by atoms with Gasteiger partial charge in [0.2, 0.25) is 0 Å². The minimum atomic E-state index is -0.939. The van der Waals surface area contributed by atoms with Crippen LogP contribution >= 0.6 is 22.7 Å². The van der Waals surface area contributed by atoms with Crippen LogP contribution in [-0.2, 0) is 0 Å². The quantitative estimate of drug-likeness (QED) is 0.606. The number of hydrogen-bond acceptors (Lipinski definition) is 5. The van der Waals surface area contributed by atoms with Crippen molar-refractivity contribution in [1.82, 2.24) is 14.4 Å². The minimum absolute atomic E-state index is 0.277. The van der Waals surface area contributed by atoms with Gasteiger partial charge in [-0.2, -0.15) is 0 Å². The van der Waals surface area contributed by atoms with Crippen LogP contribution in [0.1, 0.15) is 15.4 Å². The van der Waals surface area contributed by atoms with E-state index in [0.717, 1.165) is 27.1 Å². The highest BCUT2D eigenvalue weighted by Gasteiger charge is 2.17. The largest absolute Gasteiger partial charge is 0.478 e. The lowest BCUT2D eigenvalue weighted by Gasteiger charge is -1.99. The summed E-state index contributed by atoms with van der Waals surface area (Å²) in [5, 5.41) is 15.1. The number of pyridine rings is 1. The van der Waals surface area contributed by atoms with Gasteiger partial charge < -0.3 is 9.51 Å². The average molecular weight is 341 g/mol. The molecule has 0 bridgehead atoms. The molecule has 4 aromatic heterocycles. The first-order valence-electron chi connectivity index (χ1n) is 6.85. The van der Waals surface area contributed by atoms with Gasteiger partial charge in [-0.3, -0.25) is 0 Å². The number of carboxylic acid groups (broad SMARTS) is 1. The molecule has 0 aliphatic carbocycles. The summed E-state index contributed by atoms with van der Waals surface area (Å²) in [6, 6.07) is 7.17. The van der Waals surface area contributed by atoms with E-state index in [-0.39, 0.29) is 5.56 Å². The highest BCUT2D eigenvalue weighted by Crippen LogP contribution is 2.31. The summed E-state index contributed by atoms with van der Waals surface area (Å²) in [5.41, 5.74) is 3.33. The van der Waals surface area contributed by atoms with Gasteiger partial charge in [0, 0.05) is 17.0 Å². The zero-order valence-electron chi connectivity index (χ0n) is 12.1. The van der Waals surface area contributed by atoms with E-state index in [0.29, 0.717) is 5.52 Å². The fourth-order valence-corrected chi connectivity index (χ4v) is 3.94. The van der Waals surface area contributed by atoms with Crippen molar-refractivity contribution >= 4 is 34.2 Å². The van der Waals surface area contributed by atoms with Crippen molar-refractivity contribution in [1.29, 1.82) is 0 Å². The van der Waals surface area contributed by atoms with Crippen LogP contribution in [0.2, 0.25) is 0 Å². The molecule has 114 valence electrons. The second-order valence-electron chi connectivity index (χ2n) is 4.99. The van der Waals surface area contributed by atoms with Gasteiger partial charge in [-0.25, -0.2) is 14.8 Å². The van der Waals surface area contributed by atoms with Crippen LogP contribution in [0.15, 0.2) is 41.2 Å². The summed E-state index contributed by atoms with van der Waals surface area (Å²) in [6.45, 7) is 1.96. The fourth-order valence-electron chi connectivity index (χ4n) is 2.49. The first-order valence-corrected chi connectivity index (χ1v) is 8.61. The van der Waals surface area contributed by atoms with Gasteiger partial charge >= 0.3 is 5.97 Å². The molecule has 0 atom stereocenters. The Bertz CT molecular complexity index is 1030. The number of carbonyl (C=O) groups is 1. The summed E-state index contributed by atoms with van der Waals surface area (Å²) >= 11 is 3.10. The second kappa shape index (κ2) is 5.29. The van der Waals surface area contributed by atoms with Crippen molar-refractivity contribution in [3.05, 3.63) is 51.8 Å². The third kappa shape index (κ3) is 2.34. The van der Waals surface area contributed by atoms with E-state index >= 15 is 0 Å². The normalized spacial score (nSPS) is 11.2. The van der Waals surface area contributed by atoms with E-state index in [4.69, 9.17) is 0 Å². The van der Waals surface area contributed by atoms with Crippen molar-refractivity contribution in [2.45, 2.75) is 6.92 Å². The average Bonchev–Trinajstić information content (AvgIpc) is 3.23. The van der Waals surface area contributed by atoms with Crippen molar-refractivity contribution in [3.63, 3.8) is 0 Å². The summed E-state index contributed by atoms with van der Waals surface area (Å²) in [4.78, 5) is 20.5. The maximum atomic E-state index is 11.4. The van der Waals surface area contributed by atoms with Crippen molar-refractivity contribution in [3.8, 4) is 22.1 Å². The van der Waals surface area contributed by atoms with Gasteiger partial charge in [-0.05, 0) is 25.1 Å². The number of hydrogen-bond donors (Lipinski definition) is 1. The van der Waals surface area contributed by atoms with Crippen LogP contribution in [0.4, 0.5) is 0 Å². The predicted octanol–water partition coefficient (Wildman–Crippen LogP) is 4.19. The Balaban J connectivity index is 1.87. The SMILES string of the molecule is Cc1nc(-c2nc(-c3cc(C(=O)O)c4ccccn34)cs2)cs1. The monoisotopic (exact) mass is 341 g/mol. The molecule has 1 N–H and O–H groups in total. The molecule has 4 rings (SSSR count). The molecule has 23 heavy (non-hydrogen) atoms. The number of aryl methyl sites for hydroxylation is 1. The molecule has 0 saturated heterocycles. The highest BCUT2D eigenvalue weighted by atomic mass is 32.1. The first kappa shape index (κ1) is 14.1. The molecule has 4 aromatic rings. The Labute approximate surface area is 139 Å². The van der Waals surface area contributed by atoms with Crippen LogP contribution in [0.25, 0.3) is 27.6 Å². The Kier molecular flexibility index (Phi) is 3.24. The molecule has 0 aliphatic rings. The Morgan fingerprint density at radius 2 is 2.00 bits per heavy atom. The van der Waals surface area contributed by atoms with Crippen molar-refractivity contribution < 1.29 is 9.90 Å². The molecule has 0 saturated carbocycles. The third-order valence-corrected chi connectivity index (χ3v) is 5.15. The first-order chi connectivity index (χ1) is 11.1. The summed E-state index contributed by atoms with van der Waals surface area (Å²) in [7, 11) is 0. The van der Waals surface area contributed by atoms with E-state index in [1.807, 2.05) is 40.4 Å². The zero-order chi connectivity index (χ0) is 16.0. The van der Waals surface area contributed by atoms with Gasteiger partial charge in [0.15, 0.2) is 0 Å². The Morgan fingerprint density at radius 3 is 2.74 bits per heavy atom. The Hall–Kier alpha value is -2.51. The molecule has 0 aliphatic heterocycles. The fraction of sp³-hybridized carbons (Fsp3) is 0.0625. The van der Waals surface area contributed by atoms with Crippen LogP contribution < -0.4 is 0 Å². The molecule has 0 spiro atoms. The number of aromatic nitrogens is 3. The molecule has 4 heterocycles.